The summed E-state index contributed by atoms with van der Waals surface area (Å²) in [4.78, 5) is 0. The topological polar surface area (TPSA) is 65.2 Å². The average Bonchev–Trinajstić information content (AvgIpc) is 2.05. The molecule has 0 aliphatic heterocycles. The predicted molar refractivity (Wildman–Crippen MR) is 46.0 cm³/mol. The van der Waals surface area contributed by atoms with E-state index in [0.29, 0.717) is 17.8 Å². The fourth-order valence-electron chi connectivity index (χ4n) is 1.60. The average molecular weight is 170 g/mol. The van der Waals surface area contributed by atoms with Crippen LogP contribution in [-0.4, -0.2) is 21.8 Å². The highest BCUT2D eigenvalue weighted by atomic mass is 16.4. The van der Waals surface area contributed by atoms with Crippen molar-refractivity contribution in [2.45, 2.75) is 26.7 Å². The molecule has 0 radical (unpaired) electrons. The number of rotatable bonds is 0. The van der Waals surface area contributed by atoms with Gasteiger partial charge in [-0.25, -0.2) is 0 Å². The molecule has 2 N–H and O–H groups in total. The summed E-state index contributed by atoms with van der Waals surface area (Å²) in [7, 11) is 0. The molecule has 0 bridgehead atoms. The van der Waals surface area contributed by atoms with Crippen molar-refractivity contribution in [2.24, 2.45) is 22.1 Å². The van der Waals surface area contributed by atoms with Crippen molar-refractivity contribution in [1.82, 2.24) is 0 Å². The summed E-state index contributed by atoms with van der Waals surface area (Å²) in [5.41, 5.74) is 1.42. The van der Waals surface area contributed by atoms with Gasteiger partial charge in [-0.05, 0) is 18.3 Å². The molecular weight excluding hydrogens is 156 g/mol. The summed E-state index contributed by atoms with van der Waals surface area (Å²) in [5.74, 6) is 0.575. The Morgan fingerprint density at radius 1 is 1.08 bits per heavy atom. The fraction of sp³-hybridized carbons (Fsp3) is 0.750. The standard InChI is InChI=1S/C8H14N2O2/c1-5-3-6(2)8(10-12)4-7(5)9-11/h5-6,11-12H,3-4H2,1-2H3. The molecule has 0 aromatic heterocycles. The molecule has 0 aromatic rings. The molecule has 1 aliphatic carbocycles. The second kappa shape index (κ2) is 3.56. The van der Waals surface area contributed by atoms with Crippen molar-refractivity contribution >= 4 is 11.4 Å². The lowest BCUT2D eigenvalue weighted by atomic mass is 9.80. The van der Waals surface area contributed by atoms with Gasteiger partial charge in [-0.1, -0.05) is 24.2 Å². The SMILES string of the molecule is CC1CC(C)C(=NO)CC1=NO. The number of oxime groups is 2. The van der Waals surface area contributed by atoms with Crippen LogP contribution in [0.4, 0.5) is 0 Å². The monoisotopic (exact) mass is 170 g/mol. The van der Waals surface area contributed by atoms with Crippen LogP contribution in [0.2, 0.25) is 0 Å². The molecule has 1 fully saturated rings. The second-order valence-electron chi connectivity index (χ2n) is 3.40. The van der Waals surface area contributed by atoms with E-state index in [2.05, 4.69) is 10.3 Å². The van der Waals surface area contributed by atoms with Gasteiger partial charge in [0.15, 0.2) is 0 Å². The Balaban J connectivity index is 2.77. The molecule has 4 heteroatoms. The molecule has 0 saturated heterocycles. The van der Waals surface area contributed by atoms with Gasteiger partial charge in [-0.15, -0.1) is 0 Å². The highest BCUT2D eigenvalue weighted by molar-refractivity contribution is 6.07. The summed E-state index contributed by atoms with van der Waals surface area (Å²) in [5, 5.41) is 23.6. The largest absolute Gasteiger partial charge is 0.411 e. The van der Waals surface area contributed by atoms with Gasteiger partial charge in [0.1, 0.15) is 0 Å². The van der Waals surface area contributed by atoms with Gasteiger partial charge in [0.2, 0.25) is 0 Å². The Labute approximate surface area is 71.6 Å². The van der Waals surface area contributed by atoms with Gasteiger partial charge >= 0.3 is 0 Å². The summed E-state index contributed by atoms with van der Waals surface area (Å²) < 4.78 is 0. The van der Waals surface area contributed by atoms with Crippen LogP contribution >= 0.6 is 0 Å². The second-order valence-corrected chi connectivity index (χ2v) is 3.40. The molecule has 4 nitrogen and oxygen atoms in total. The molecule has 1 aliphatic rings. The van der Waals surface area contributed by atoms with Crippen LogP contribution in [0.25, 0.3) is 0 Å². The number of nitrogens with zero attached hydrogens (tertiary/aromatic N) is 2. The molecule has 0 amide bonds. The zero-order chi connectivity index (χ0) is 9.14. The van der Waals surface area contributed by atoms with Crippen LogP contribution in [0, 0.1) is 11.8 Å². The summed E-state index contributed by atoms with van der Waals surface area (Å²) in [6, 6.07) is 0. The predicted octanol–water partition coefficient (Wildman–Crippen LogP) is 1.71. The number of hydrogen-bond donors (Lipinski definition) is 2. The van der Waals surface area contributed by atoms with Gasteiger partial charge in [-0.3, -0.25) is 0 Å². The summed E-state index contributed by atoms with van der Waals surface area (Å²) >= 11 is 0. The summed E-state index contributed by atoms with van der Waals surface area (Å²) in [6.07, 6.45) is 1.38. The third kappa shape index (κ3) is 1.57. The lowest BCUT2D eigenvalue weighted by Gasteiger charge is -2.25. The van der Waals surface area contributed by atoms with Crippen LogP contribution in [0.1, 0.15) is 26.7 Å². The fourth-order valence-corrected chi connectivity index (χ4v) is 1.60. The van der Waals surface area contributed by atoms with Crippen molar-refractivity contribution in [3.05, 3.63) is 0 Å². The minimum Gasteiger partial charge on any atom is -0.411 e. The van der Waals surface area contributed by atoms with Gasteiger partial charge in [-0.2, -0.15) is 0 Å². The van der Waals surface area contributed by atoms with E-state index in [9.17, 15) is 0 Å². The summed E-state index contributed by atoms with van der Waals surface area (Å²) in [6.45, 7) is 4.03. The van der Waals surface area contributed by atoms with E-state index >= 15 is 0 Å². The molecule has 1 saturated carbocycles. The van der Waals surface area contributed by atoms with Gasteiger partial charge in [0.05, 0.1) is 11.4 Å². The molecule has 68 valence electrons. The van der Waals surface area contributed by atoms with Crippen molar-refractivity contribution in [3.63, 3.8) is 0 Å². The lowest BCUT2D eigenvalue weighted by molar-refractivity contribution is 0.304. The maximum Gasteiger partial charge on any atom is 0.0656 e. The molecule has 0 spiro atoms. The van der Waals surface area contributed by atoms with E-state index < -0.39 is 0 Å². The maximum atomic E-state index is 8.61. The smallest absolute Gasteiger partial charge is 0.0656 e. The van der Waals surface area contributed by atoms with Gasteiger partial charge in [0.25, 0.3) is 0 Å². The normalized spacial score (nSPS) is 37.5. The highest BCUT2D eigenvalue weighted by Crippen LogP contribution is 2.24. The molecule has 12 heavy (non-hydrogen) atoms. The number of hydrogen-bond acceptors (Lipinski definition) is 4. The van der Waals surface area contributed by atoms with E-state index in [4.69, 9.17) is 10.4 Å². The Kier molecular flexibility index (Phi) is 2.68. The molecule has 2 unspecified atom stereocenters. The molecule has 1 rings (SSSR count). The Morgan fingerprint density at radius 2 is 1.50 bits per heavy atom. The van der Waals surface area contributed by atoms with Crippen molar-refractivity contribution < 1.29 is 10.4 Å². The maximum absolute atomic E-state index is 8.61. The first kappa shape index (κ1) is 9.03. The Bertz CT molecular complexity index is 201. The zero-order valence-corrected chi connectivity index (χ0v) is 7.36. The Morgan fingerprint density at radius 3 is 1.83 bits per heavy atom. The minimum atomic E-state index is 0.287. The molecule has 0 heterocycles. The van der Waals surface area contributed by atoms with Crippen LogP contribution in [0.15, 0.2) is 10.3 Å². The van der Waals surface area contributed by atoms with E-state index in [-0.39, 0.29) is 11.8 Å². The quantitative estimate of drug-likeness (QED) is 0.429. The van der Waals surface area contributed by atoms with Crippen molar-refractivity contribution in [2.75, 3.05) is 0 Å². The molecular formula is C8H14N2O2. The van der Waals surface area contributed by atoms with Gasteiger partial charge < -0.3 is 10.4 Å². The third-order valence-corrected chi connectivity index (χ3v) is 2.46. The Hall–Kier alpha value is -1.06. The van der Waals surface area contributed by atoms with E-state index in [1.165, 1.54) is 0 Å². The van der Waals surface area contributed by atoms with E-state index in [1.54, 1.807) is 0 Å². The first-order valence-corrected chi connectivity index (χ1v) is 4.10. The zero-order valence-electron chi connectivity index (χ0n) is 7.36. The third-order valence-electron chi connectivity index (χ3n) is 2.46. The van der Waals surface area contributed by atoms with Crippen LogP contribution in [-0.2, 0) is 0 Å². The van der Waals surface area contributed by atoms with Gasteiger partial charge in [0, 0.05) is 6.42 Å². The first-order chi connectivity index (χ1) is 5.69. The van der Waals surface area contributed by atoms with Crippen molar-refractivity contribution in [1.29, 1.82) is 0 Å². The van der Waals surface area contributed by atoms with Crippen LogP contribution < -0.4 is 0 Å². The lowest BCUT2D eigenvalue weighted by Crippen LogP contribution is -2.29. The minimum absolute atomic E-state index is 0.287. The molecule has 2 atom stereocenters. The van der Waals surface area contributed by atoms with E-state index in [0.717, 1.165) is 6.42 Å². The molecule has 0 aromatic carbocycles. The van der Waals surface area contributed by atoms with Crippen LogP contribution in [0.3, 0.4) is 0 Å². The van der Waals surface area contributed by atoms with Crippen LogP contribution in [0.5, 0.6) is 0 Å². The van der Waals surface area contributed by atoms with Crippen molar-refractivity contribution in [3.8, 4) is 0 Å². The first-order valence-electron chi connectivity index (χ1n) is 4.10. The highest BCUT2D eigenvalue weighted by Gasteiger charge is 2.27. The van der Waals surface area contributed by atoms with E-state index in [1.807, 2.05) is 13.8 Å².